The van der Waals surface area contributed by atoms with E-state index in [1.54, 1.807) is 36.2 Å². The average molecular weight is 361 g/mol. The van der Waals surface area contributed by atoms with E-state index in [0.29, 0.717) is 18.4 Å². The number of benzene rings is 1. The van der Waals surface area contributed by atoms with Crippen LogP contribution in [0, 0.1) is 0 Å². The van der Waals surface area contributed by atoms with Crippen molar-refractivity contribution in [3.05, 3.63) is 47.5 Å². The van der Waals surface area contributed by atoms with Crippen molar-refractivity contribution >= 4 is 23.3 Å². The van der Waals surface area contributed by atoms with Gasteiger partial charge in [-0.05, 0) is 36.2 Å². The third-order valence-electron chi connectivity index (χ3n) is 4.01. The van der Waals surface area contributed by atoms with Crippen LogP contribution in [0.2, 0.25) is 0 Å². The first-order valence-corrected chi connectivity index (χ1v) is 8.03. The van der Waals surface area contributed by atoms with Crippen molar-refractivity contribution in [3.63, 3.8) is 0 Å². The van der Waals surface area contributed by atoms with Crippen LogP contribution in [0.5, 0.6) is 5.88 Å². The van der Waals surface area contributed by atoms with Crippen LogP contribution < -0.4 is 15.0 Å². The minimum atomic E-state index is -2.60. The molecule has 0 saturated heterocycles. The predicted octanol–water partition coefficient (Wildman–Crippen LogP) is 2.89. The zero-order valence-electron chi connectivity index (χ0n) is 14.0. The zero-order chi connectivity index (χ0) is 18.7. The number of nitrogens with zero attached hydrogens (tertiary/aromatic N) is 2. The fourth-order valence-electron chi connectivity index (χ4n) is 2.70. The second kappa shape index (κ2) is 7.47. The monoisotopic (exact) mass is 361 g/mol. The van der Waals surface area contributed by atoms with E-state index in [1.165, 1.54) is 12.1 Å². The Kier molecular flexibility index (Phi) is 5.11. The third kappa shape index (κ3) is 3.96. The maximum absolute atomic E-state index is 12.4. The van der Waals surface area contributed by atoms with Gasteiger partial charge in [0.15, 0.2) is 6.61 Å². The highest BCUT2D eigenvalue weighted by molar-refractivity contribution is 6.05. The van der Waals surface area contributed by atoms with Gasteiger partial charge in [0, 0.05) is 30.8 Å². The summed E-state index contributed by atoms with van der Waals surface area (Å²) in [5.41, 5.74) is 2.13. The van der Waals surface area contributed by atoms with Crippen LogP contribution in [0.1, 0.15) is 22.3 Å². The molecule has 2 aromatic rings. The highest BCUT2D eigenvalue weighted by Crippen LogP contribution is 2.27. The summed E-state index contributed by atoms with van der Waals surface area (Å²) in [6, 6.07) is 9.63. The predicted molar refractivity (Wildman–Crippen MR) is 91.9 cm³/mol. The lowest BCUT2D eigenvalue weighted by molar-refractivity contribution is -0.118. The molecule has 26 heavy (non-hydrogen) atoms. The van der Waals surface area contributed by atoms with Crippen molar-refractivity contribution in [2.24, 2.45) is 0 Å². The lowest BCUT2D eigenvalue weighted by Crippen LogP contribution is -2.31. The molecule has 8 heteroatoms. The van der Waals surface area contributed by atoms with E-state index in [1.807, 2.05) is 0 Å². The Labute approximate surface area is 148 Å². The van der Waals surface area contributed by atoms with E-state index in [0.717, 1.165) is 11.3 Å². The van der Waals surface area contributed by atoms with Crippen LogP contribution in [0.15, 0.2) is 36.4 Å². The lowest BCUT2D eigenvalue weighted by Gasteiger charge is -2.26. The maximum atomic E-state index is 12.4. The number of amides is 2. The molecule has 1 aliphatic rings. The molecule has 0 saturated carbocycles. The molecule has 0 radical (unpaired) electrons. The number of carbonyl (C=O) groups is 2. The van der Waals surface area contributed by atoms with Gasteiger partial charge < -0.3 is 15.0 Å². The first-order chi connectivity index (χ1) is 12.4. The van der Waals surface area contributed by atoms with Crippen molar-refractivity contribution in [2.75, 3.05) is 23.9 Å². The zero-order valence-corrected chi connectivity index (χ0v) is 14.0. The molecule has 1 aromatic carbocycles. The molecule has 3 rings (SSSR count). The molecule has 0 unspecified atom stereocenters. The average Bonchev–Trinajstić information content (AvgIpc) is 2.63. The second-order valence-electron chi connectivity index (χ2n) is 5.81. The lowest BCUT2D eigenvalue weighted by atomic mass is 9.99. The minimum Gasteiger partial charge on any atom is -0.472 e. The number of alkyl halides is 2. The molecule has 1 aliphatic heterocycles. The number of anilines is 2. The summed E-state index contributed by atoms with van der Waals surface area (Å²) in [7, 11) is 1.70. The molecule has 0 atom stereocenters. The van der Waals surface area contributed by atoms with Gasteiger partial charge in [-0.1, -0.05) is 6.07 Å². The number of hydrogen-bond donors (Lipinski definition) is 1. The van der Waals surface area contributed by atoms with Gasteiger partial charge >= 0.3 is 0 Å². The quantitative estimate of drug-likeness (QED) is 0.889. The van der Waals surface area contributed by atoms with E-state index in [2.05, 4.69) is 10.3 Å². The fraction of sp³-hybridized carbons (Fsp3) is 0.278. The van der Waals surface area contributed by atoms with Crippen LogP contribution in [0.4, 0.5) is 20.3 Å². The number of aryl methyl sites for hydroxylation is 1. The fourth-order valence-corrected chi connectivity index (χ4v) is 2.70. The van der Waals surface area contributed by atoms with Gasteiger partial charge in [-0.25, -0.2) is 8.78 Å². The largest absolute Gasteiger partial charge is 0.472 e. The van der Waals surface area contributed by atoms with Crippen molar-refractivity contribution in [1.82, 2.24) is 4.98 Å². The summed E-state index contributed by atoms with van der Waals surface area (Å²) >= 11 is 0. The van der Waals surface area contributed by atoms with Crippen molar-refractivity contribution in [3.8, 4) is 5.88 Å². The highest BCUT2D eigenvalue weighted by Gasteiger charge is 2.22. The van der Waals surface area contributed by atoms with E-state index >= 15 is 0 Å². The molecule has 136 valence electrons. The van der Waals surface area contributed by atoms with Crippen LogP contribution >= 0.6 is 0 Å². The molecule has 0 bridgehead atoms. The number of rotatable bonds is 5. The number of ether oxygens (including phenoxy) is 1. The van der Waals surface area contributed by atoms with Crippen molar-refractivity contribution < 1.29 is 23.1 Å². The van der Waals surface area contributed by atoms with E-state index in [9.17, 15) is 18.4 Å². The molecule has 1 N–H and O–H groups in total. The number of aromatic nitrogens is 1. The number of fused-ring (bicyclic) bond motifs is 1. The Hall–Kier alpha value is -3.03. The Morgan fingerprint density at radius 2 is 2.12 bits per heavy atom. The van der Waals surface area contributed by atoms with Crippen LogP contribution in [-0.2, 0) is 11.2 Å². The Bertz CT molecular complexity index is 842. The van der Waals surface area contributed by atoms with Gasteiger partial charge in [-0.15, -0.1) is 0 Å². The highest BCUT2D eigenvalue weighted by atomic mass is 19.3. The van der Waals surface area contributed by atoms with E-state index in [-0.39, 0.29) is 23.5 Å². The van der Waals surface area contributed by atoms with E-state index in [4.69, 9.17) is 4.74 Å². The molecule has 0 fully saturated rings. The first-order valence-electron chi connectivity index (χ1n) is 8.03. The summed E-state index contributed by atoms with van der Waals surface area (Å²) in [6.07, 6.45) is -1.62. The summed E-state index contributed by atoms with van der Waals surface area (Å²) < 4.78 is 29.2. The SMILES string of the molecule is CN1C(=O)CCc2cc(C(=O)Nc3cccc(OCC(F)F)n3)ccc21. The van der Waals surface area contributed by atoms with E-state index < -0.39 is 13.0 Å². The minimum absolute atomic E-state index is 0.00804. The molecule has 2 heterocycles. The third-order valence-corrected chi connectivity index (χ3v) is 4.01. The number of carbonyl (C=O) groups excluding carboxylic acids is 2. The summed E-state index contributed by atoms with van der Waals surface area (Å²) in [5.74, 6) is -0.133. The van der Waals surface area contributed by atoms with Gasteiger partial charge in [-0.2, -0.15) is 4.98 Å². The molecule has 0 aliphatic carbocycles. The molecule has 6 nitrogen and oxygen atoms in total. The first kappa shape index (κ1) is 17.8. The van der Waals surface area contributed by atoms with Crippen LogP contribution in [0.3, 0.4) is 0 Å². The van der Waals surface area contributed by atoms with Crippen LogP contribution in [-0.4, -0.2) is 36.9 Å². The standard InChI is InChI=1S/C18H17F2N3O3/c1-23-13-7-5-12(9-11(13)6-8-17(23)24)18(25)22-15-3-2-4-16(21-15)26-10-14(19)20/h2-5,7,9,14H,6,8,10H2,1H3,(H,21,22,25). The Morgan fingerprint density at radius 1 is 1.31 bits per heavy atom. The van der Waals surface area contributed by atoms with Crippen molar-refractivity contribution in [2.45, 2.75) is 19.3 Å². The van der Waals surface area contributed by atoms with Crippen LogP contribution in [0.25, 0.3) is 0 Å². The topological polar surface area (TPSA) is 71.5 Å². The summed E-state index contributed by atoms with van der Waals surface area (Å²) in [6.45, 7) is -0.762. The van der Waals surface area contributed by atoms with Gasteiger partial charge in [0.25, 0.3) is 12.3 Å². The Morgan fingerprint density at radius 3 is 2.88 bits per heavy atom. The normalized spacial score (nSPS) is 13.5. The number of pyridine rings is 1. The van der Waals surface area contributed by atoms with Gasteiger partial charge in [0.2, 0.25) is 11.8 Å². The smallest absolute Gasteiger partial charge is 0.272 e. The van der Waals surface area contributed by atoms with Gasteiger partial charge in [-0.3, -0.25) is 9.59 Å². The van der Waals surface area contributed by atoms with Gasteiger partial charge in [0.05, 0.1) is 0 Å². The molecule has 1 aromatic heterocycles. The molecule has 0 spiro atoms. The number of nitrogens with one attached hydrogen (secondary N) is 1. The van der Waals surface area contributed by atoms with Crippen molar-refractivity contribution in [1.29, 1.82) is 0 Å². The number of halogens is 2. The molecular formula is C18H17F2N3O3. The van der Waals surface area contributed by atoms with Gasteiger partial charge in [0.1, 0.15) is 5.82 Å². The summed E-state index contributed by atoms with van der Waals surface area (Å²) in [5, 5.41) is 2.61. The Balaban J connectivity index is 1.73. The summed E-state index contributed by atoms with van der Waals surface area (Å²) in [4.78, 5) is 29.7. The molecule has 2 amide bonds. The molecular weight excluding hydrogens is 344 g/mol. The maximum Gasteiger partial charge on any atom is 0.272 e. The second-order valence-corrected chi connectivity index (χ2v) is 5.81. The number of hydrogen-bond acceptors (Lipinski definition) is 4.